The lowest BCUT2D eigenvalue weighted by atomic mass is 9.72. The molecule has 0 amide bonds. The van der Waals surface area contributed by atoms with Gasteiger partial charge in [-0.3, -0.25) is 4.68 Å². The first-order valence-electron chi connectivity index (χ1n) is 13.0. The first-order valence-corrected chi connectivity index (χ1v) is 13.0. The van der Waals surface area contributed by atoms with Gasteiger partial charge in [-0.05, 0) is 75.3 Å². The maximum absolute atomic E-state index is 15.2. The highest BCUT2D eigenvalue weighted by Crippen LogP contribution is 2.41. The number of rotatable bonds is 7. The zero-order chi connectivity index (χ0) is 24.6. The lowest BCUT2D eigenvalue weighted by molar-refractivity contribution is -0.0179. The maximum Gasteiger partial charge on any atom is 0.146 e. The van der Waals surface area contributed by atoms with E-state index in [1.54, 1.807) is 6.07 Å². The van der Waals surface area contributed by atoms with Crippen molar-refractivity contribution in [2.24, 2.45) is 5.41 Å². The van der Waals surface area contributed by atoms with Gasteiger partial charge in [-0.25, -0.2) is 14.4 Å². The minimum Gasteiger partial charge on any atom is -0.369 e. The number of halogens is 1. The van der Waals surface area contributed by atoms with Crippen LogP contribution in [-0.2, 0) is 6.42 Å². The summed E-state index contributed by atoms with van der Waals surface area (Å²) in [5, 5.41) is 4.44. The van der Waals surface area contributed by atoms with Crippen LogP contribution in [0, 0.1) is 18.2 Å². The Hall–Kier alpha value is -2.80. The SMILES string of the molecule is CCCN1CC2(CCN(c3ccc(Cc4ncc(C)c(-c5cnn(C(C)C)c5)n4)cc3F)CC2)C1. The highest BCUT2D eigenvalue weighted by atomic mass is 19.1. The third-order valence-corrected chi connectivity index (χ3v) is 7.62. The summed E-state index contributed by atoms with van der Waals surface area (Å²) < 4.78 is 17.1. The van der Waals surface area contributed by atoms with E-state index in [-0.39, 0.29) is 5.82 Å². The van der Waals surface area contributed by atoms with E-state index in [2.05, 4.69) is 40.7 Å². The van der Waals surface area contributed by atoms with Gasteiger partial charge in [0.25, 0.3) is 0 Å². The van der Waals surface area contributed by atoms with Crippen LogP contribution in [0.5, 0.6) is 0 Å². The molecular weight excluding hydrogens is 439 g/mol. The molecule has 4 heterocycles. The van der Waals surface area contributed by atoms with Gasteiger partial charge in [0.1, 0.15) is 11.6 Å². The summed E-state index contributed by atoms with van der Waals surface area (Å²) in [6.07, 6.45) is 9.74. The van der Waals surface area contributed by atoms with E-state index >= 15 is 4.39 Å². The van der Waals surface area contributed by atoms with Crippen molar-refractivity contribution in [2.45, 2.75) is 59.4 Å². The molecule has 2 fully saturated rings. The summed E-state index contributed by atoms with van der Waals surface area (Å²) in [5.41, 5.74) is 4.95. The average molecular weight is 477 g/mol. The van der Waals surface area contributed by atoms with E-state index in [0.29, 0.717) is 23.7 Å². The number of aryl methyl sites for hydroxylation is 1. The number of aromatic nitrogens is 4. The molecule has 1 spiro atoms. The highest BCUT2D eigenvalue weighted by Gasteiger charge is 2.44. The molecule has 1 aromatic carbocycles. The van der Waals surface area contributed by atoms with Crippen LogP contribution < -0.4 is 4.90 Å². The fourth-order valence-electron chi connectivity index (χ4n) is 5.61. The summed E-state index contributed by atoms with van der Waals surface area (Å²) in [4.78, 5) is 14.1. The van der Waals surface area contributed by atoms with Crippen molar-refractivity contribution in [3.05, 3.63) is 59.6 Å². The summed E-state index contributed by atoms with van der Waals surface area (Å²) in [6, 6.07) is 5.91. The van der Waals surface area contributed by atoms with Gasteiger partial charge in [-0.1, -0.05) is 13.0 Å². The molecule has 2 aromatic heterocycles. The van der Waals surface area contributed by atoms with Gasteiger partial charge in [-0.2, -0.15) is 5.10 Å². The van der Waals surface area contributed by atoms with Crippen LogP contribution in [-0.4, -0.2) is 57.4 Å². The van der Waals surface area contributed by atoms with Crippen LogP contribution in [0.4, 0.5) is 10.1 Å². The molecule has 0 bridgehead atoms. The maximum atomic E-state index is 15.2. The minimum absolute atomic E-state index is 0.148. The Bertz CT molecular complexity index is 1170. The van der Waals surface area contributed by atoms with E-state index in [4.69, 9.17) is 4.98 Å². The predicted octanol–water partition coefficient (Wildman–Crippen LogP) is 5.27. The van der Waals surface area contributed by atoms with Gasteiger partial charge < -0.3 is 9.80 Å². The molecule has 2 saturated heterocycles. The molecule has 7 heteroatoms. The second-order valence-corrected chi connectivity index (χ2v) is 10.8. The molecule has 2 aliphatic heterocycles. The number of benzene rings is 1. The molecule has 0 N–H and O–H groups in total. The molecule has 186 valence electrons. The van der Waals surface area contributed by atoms with Gasteiger partial charge >= 0.3 is 0 Å². The number of nitrogens with zero attached hydrogens (tertiary/aromatic N) is 6. The first-order chi connectivity index (χ1) is 16.9. The third kappa shape index (κ3) is 4.96. The second kappa shape index (κ2) is 9.69. The van der Waals surface area contributed by atoms with Gasteiger partial charge in [-0.15, -0.1) is 0 Å². The largest absolute Gasteiger partial charge is 0.369 e. The average Bonchev–Trinajstić information content (AvgIpc) is 3.31. The molecule has 6 nitrogen and oxygen atoms in total. The molecule has 0 saturated carbocycles. The van der Waals surface area contributed by atoms with Crippen molar-refractivity contribution in [2.75, 3.05) is 37.6 Å². The Morgan fingerprint density at radius 2 is 1.89 bits per heavy atom. The van der Waals surface area contributed by atoms with Crippen LogP contribution in [0.15, 0.2) is 36.8 Å². The van der Waals surface area contributed by atoms with Crippen molar-refractivity contribution in [3.8, 4) is 11.3 Å². The highest BCUT2D eigenvalue weighted by molar-refractivity contribution is 5.60. The molecule has 0 atom stereocenters. The summed E-state index contributed by atoms with van der Waals surface area (Å²) in [6.45, 7) is 14.0. The minimum atomic E-state index is -0.148. The first kappa shape index (κ1) is 23.9. The second-order valence-electron chi connectivity index (χ2n) is 10.8. The van der Waals surface area contributed by atoms with Crippen molar-refractivity contribution in [1.29, 1.82) is 0 Å². The van der Waals surface area contributed by atoms with Crippen molar-refractivity contribution >= 4 is 5.69 Å². The summed E-state index contributed by atoms with van der Waals surface area (Å²) in [7, 11) is 0. The quantitative estimate of drug-likeness (QED) is 0.465. The molecule has 0 unspecified atom stereocenters. The van der Waals surface area contributed by atoms with Crippen LogP contribution >= 0.6 is 0 Å². The van der Waals surface area contributed by atoms with E-state index < -0.39 is 0 Å². The van der Waals surface area contributed by atoms with Crippen molar-refractivity contribution < 1.29 is 4.39 Å². The standard InChI is InChI=1S/C28H37FN6/c1-5-10-33-18-28(19-33)8-11-34(12-9-28)25-7-6-22(13-24(25)29)14-26-30-15-21(4)27(32-26)23-16-31-35(17-23)20(2)3/h6-7,13,15-17,20H,5,8-12,14,18-19H2,1-4H3. The van der Waals surface area contributed by atoms with Gasteiger partial charge in [0.15, 0.2) is 0 Å². The van der Waals surface area contributed by atoms with Gasteiger partial charge in [0.2, 0.25) is 0 Å². The number of likely N-dealkylation sites (tertiary alicyclic amines) is 1. The Morgan fingerprint density at radius 1 is 1.11 bits per heavy atom. The molecule has 35 heavy (non-hydrogen) atoms. The van der Waals surface area contributed by atoms with Crippen molar-refractivity contribution in [3.63, 3.8) is 0 Å². The van der Waals surface area contributed by atoms with E-state index in [0.717, 1.165) is 54.0 Å². The Kier molecular flexibility index (Phi) is 6.62. The molecule has 0 radical (unpaired) electrons. The van der Waals surface area contributed by atoms with Crippen LogP contribution in [0.3, 0.4) is 0 Å². The van der Waals surface area contributed by atoms with Crippen LogP contribution in [0.25, 0.3) is 11.3 Å². The molecule has 5 rings (SSSR count). The monoisotopic (exact) mass is 476 g/mol. The van der Waals surface area contributed by atoms with E-state index in [1.807, 2.05) is 42.3 Å². The lowest BCUT2D eigenvalue weighted by Gasteiger charge is -2.54. The van der Waals surface area contributed by atoms with E-state index in [9.17, 15) is 0 Å². The normalized spacial score (nSPS) is 17.8. The Morgan fingerprint density at radius 3 is 2.54 bits per heavy atom. The lowest BCUT2D eigenvalue weighted by Crippen LogP contribution is -2.60. The predicted molar refractivity (Wildman–Crippen MR) is 138 cm³/mol. The fraction of sp³-hybridized carbons (Fsp3) is 0.536. The number of hydrogen-bond acceptors (Lipinski definition) is 5. The molecule has 3 aromatic rings. The molecule has 2 aliphatic rings. The zero-order valence-corrected chi connectivity index (χ0v) is 21.5. The molecular formula is C28H37FN6. The van der Waals surface area contributed by atoms with Gasteiger partial charge in [0.05, 0.1) is 17.6 Å². The number of anilines is 1. The van der Waals surface area contributed by atoms with Crippen molar-refractivity contribution in [1.82, 2.24) is 24.6 Å². The zero-order valence-electron chi connectivity index (χ0n) is 21.5. The third-order valence-electron chi connectivity index (χ3n) is 7.62. The van der Waals surface area contributed by atoms with Crippen LogP contribution in [0.2, 0.25) is 0 Å². The van der Waals surface area contributed by atoms with Gasteiger partial charge in [0, 0.05) is 56.6 Å². The Balaban J connectivity index is 1.25. The fourth-order valence-corrected chi connectivity index (χ4v) is 5.61. The van der Waals surface area contributed by atoms with Crippen LogP contribution in [0.1, 0.15) is 63.0 Å². The smallest absolute Gasteiger partial charge is 0.146 e. The van der Waals surface area contributed by atoms with E-state index in [1.165, 1.54) is 26.1 Å². The number of piperidine rings is 1. The summed E-state index contributed by atoms with van der Waals surface area (Å²) >= 11 is 0. The summed E-state index contributed by atoms with van der Waals surface area (Å²) in [5.74, 6) is 0.543. The number of hydrogen-bond donors (Lipinski definition) is 0. The topological polar surface area (TPSA) is 50.1 Å². The Labute approximate surface area is 208 Å². The molecule has 0 aliphatic carbocycles.